The quantitative estimate of drug-likeness (QED) is 0.625. The zero-order valence-corrected chi connectivity index (χ0v) is 14.2. The van der Waals surface area contributed by atoms with Crippen LogP contribution in [0.5, 0.6) is 0 Å². The standard InChI is InChI=1S/C17H28O5/c1-10(18)20-13-11(15(2,3)19)6-8-16(4)12(21-16)7-9-17(5)14(13)22-17/h11-14,19H,6-9H2,1-5H3/t11?,12-,13-,14+,16-,17+/m1/s1. The lowest BCUT2D eigenvalue weighted by atomic mass is 9.76. The van der Waals surface area contributed by atoms with Crippen molar-refractivity contribution in [2.24, 2.45) is 5.92 Å². The van der Waals surface area contributed by atoms with E-state index >= 15 is 0 Å². The number of rotatable bonds is 2. The van der Waals surface area contributed by atoms with Gasteiger partial charge in [0, 0.05) is 12.8 Å². The van der Waals surface area contributed by atoms with Crippen LogP contribution in [0.3, 0.4) is 0 Å². The first-order valence-corrected chi connectivity index (χ1v) is 8.30. The number of epoxide rings is 2. The average molecular weight is 312 g/mol. The van der Waals surface area contributed by atoms with Crippen molar-refractivity contribution >= 4 is 5.97 Å². The molecule has 3 fully saturated rings. The number of fused-ring (bicyclic) bond motifs is 2. The van der Waals surface area contributed by atoms with Crippen molar-refractivity contribution in [3.8, 4) is 0 Å². The largest absolute Gasteiger partial charge is 0.459 e. The summed E-state index contributed by atoms with van der Waals surface area (Å²) in [5.74, 6) is -0.482. The number of esters is 1. The Kier molecular flexibility index (Phi) is 3.63. The molecule has 0 aromatic heterocycles. The van der Waals surface area contributed by atoms with Crippen LogP contribution < -0.4 is 0 Å². The molecule has 1 N–H and O–H groups in total. The molecule has 0 aromatic rings. The molecule has 3 rings (SSSR count). The maximum atomic E-state index is 11.6. The summed E-state index contributed by atoms with van der Waals surface area (Å²) in [6.07, 6.45) is 3.26. The van der Waals surface area contributed by atoms with E-state index < -0.39 is 11.7 Å². The molecular formula is C17H28O5. The highest BCUT2D eigenvalue weighted by atomic mass is 16.6. The van der Waals surface area contributed by atoms with E-state index in [1.165, 1.54) is 6.92 Å². The van der Waals surface area contributed by atoms with E-state index in [1.54, 1.807) is 13.8 Å². The molecule has 5 nitrogen and oxygen atoms in total. The summed E-state index contributed by atoms with van der Waals surface area (Å²) in [6.45, 7) is 9.19. The smallest absolute Gasteiger partial charge is 0.303 e. The Hall–Kier alpha value is -0.650. The van der Waals surface area contributed by atoms with Crippen LogP contribution in [-0.2, 0) is 19.0 Å². The Labute approximate surface area is 132 Å². The highest BCUT2D eigenvalue weighted by Crippen LogP contribution is 2.53. The topological polar surface area (TPSA) is 71.6 Å². The lowest BCUT2D eigenvalue weighted by Crippen LogP contribution is -2.46. The minimum atomic E-state index is -0.938. The normalized spacial score (nSPS) is 47.9. The molecule has 22 heavy (non-hydrogen) atoms. The number of hydrogen-bond donors (Lipinski definition) is 1. The minimum Gasteiger partial charge on any atom is -0.459 e. The first-order valence-electron chi connectivity index (χ1n) is 8.30. The van der Waals surface area contributed by atoms with Gasteiger partial charge >= 0.3 is 5.97 Å². The van der Waals surface area contributed by atoms with E-state index in [0.717, 1.165) is 25.7 Å². The average Bonchev–Trinajstić information content (AvgIpc) is 3.20. The fourth-order valence-corrected chi connectivity index (χ4v) is 4.07. The van der Waals surface area contributed by atoms with Gasteiger partial charge in [-0.25, -0.2) is 0 Å². The molecule has 1 unspecified atom stereocenters. The number of ether oxygens (including phenoxy) is 3. The Balaban J connectivity index is 1.87. The third-order valence-corrected chi connectivity index (χ3v) is 5.74. The van der Waals surface area contributed by atoms with Gasteiger partial charge in [0.1, 0.15) is 12.2 Å². The summed E-state index contributed by atoms with van der Waals surface area (Å²) in [7, 11) is 0. The Morgan fingerprint density at radius 1 is 1.18 bits per heavy atom. The fourth-order valence-electron chi connectivity index (χ4n) is 4.07. The monoisotopic (exact) mass is 312 g/mol. The predicted molar refractivity (Wildman–Crippen MR) is 80.4 cm³/mol. The molecule has 0 radical (unpaired) electrons. The maximum absolute atomic E-state index is 11.6. The van der Waals surface area contributed by atoms with Gasteiger partial charge in [0.15, 0.2) is 0 Å². The molecule has 1 aliphatic carbocycles. The van der Waals surface area contributed by atoms with Crippen molar-refractivity contribution in [1.82, 2.24) is 0 Å². The van der Waals surface area contributed by atoms with Crippen molar-refractivity contribution in [3.05, 3.63) is 0 Å². The van der Waals surface area contributed by atoms with Crippen LogP contribution in [-0.4, -0.2) is 46.2 Å². The van der Waals surface area contributed by atoms with Crippen LogP contribution >= 0.6 is 0 Å². The van der Waals surface area contributed by atoms with E-state index in [9.17, 15) is 9.90 Å². The zero-order valence-electron chi connectivity index (χ0n) is 14.2. The highest BCUT2D eigenvalue weighted by molar-refractivity contribution is 5.66. The van der Waals surface area contributed by atoms with E-state index in [0.29, 0.717) is 6.10 Å². The molecule has 0 amide bonds. The summed E-state index contributed by atoms with van der Waals surface area (Å²) in [5, 5.41) is 10.6. The third-order valence-electron chi connectivity index (χ3n) is 5.74. The van der Waals surface area contributed by atoms with Crippen LogP contribution in [0.2, 0.25) is 0 Å². The second-order valence-corrected chi connectivity index (χ2v) is 8.18. The van der Waals surface area contributed by atoms with Crippen LogP contribution in [0.1, 0.15) is 60.3 Å². The SMILES string of the molecule is CC(=O)O[C@@H]1C(C(C)(C)O)CC[C@@]2(C)O[C@@H]2CC[C@]2(C)O[C@@H]12. The molecule has 1 saturated carbocycles. The summed E-state index contributed by atoms with van der Waals surface area (Å²) < 4.78 is 17.4. The molecule has 2 saturated heterocycles. The summed E-state index contributed by atoms with van der Waals surface area (Å²) in [5.41, 5.74) is -1.30. The van der Waals surface area contributed by atoms with Gasteiger partial charge in [-0.05, 0) is 53.4 Å². The van der Waals surface area contributed by atoms with Crippen molar-refractivity contribution in [2.75, 3.05) is 0 Å². The van der Waals surface area contributed by atoms with Gasteiger partial charge < -0.3 is 19.3 Å². The molecule has 5 heteroatoms. The molecule has 2 aliphatic heterocycles. The van der Waals surface area contributed by atoms with E-state index in [4.69, 9.17) is 14.2 Å². The molecular weight excluding hydrogens is 284 g/mol. The molecule has 3 aliphatic rings. The number of carbonyl (C=O) groups is 1. The third kappa shape index (κ3) is 2.91. The highest BCUT2D eigenvalue weighted by Gasteiger charge is 2.63. The van der Waals surface area contributed by atoms with Gasteiger partial charge in [-0.15, -0.1) is 0 Å². The van der Waals surface area contributed by atoms with Crippen LogP contribution in [0, 0.1) is 5.92 Å². The van der Waals surface area contributed by atoms with Gasteiger partial charge in [0.25, 0.3) is 0 Å². The van der Waals surface area contributed by atoms with Crippen LogP contribution in [0.4, 0.5) is 0 Å². The van der Waals surface area contributed by atoms with Crippen molar-refractivity contribution in [1.29, 1.82) is 0 Å². The van der Waals surface area contributed by atoms with Crippen molar-refractivity contribution in [2.45, 2.75) is 95.4 Å². The molecule has 0 aromatic carbocycles. The van der Waals surface area contributed by atoms with Crippen molar-refractivity contribution < 1.29 is 24.1 Å². The van der Waals surface area contributed by atoms with Gasteiger partial charge in [0.05, 0.1) is 22.9 Å². The fraction of sp³-hybridized carbons (Fsp3) is 0.941. The summed E-state index contributed by atoms with van der Waals surface area (Å²) in [4.78, 5) is 11.6. The lowest BCUT2D eigenvalue weighted by molar-refractivity contribution is -0.157. The summed E-state index contributed by atoms with van der Waals surface area (Å²) >= 11 is 0. The minimum absolute atomic E-state index is 0.0949. The molecule has 6 atom stereocenters. The van der Waals surface area contributed by atoms with Crippen molar-refractivity contribution in [3.63, 3.8) is 0 Å². The lowest BCUT2D eigenvalue weighted by Gasteiger charge is -2.36. The second kappa shape index (κ2) is 4.92. The van der Waals surface area contributed by atoms with E-state index in [1.807, 2.05) is 0 Å². The number of carbonyl (C=O) groups excluding carboxylic acids is 1. The number of aliphatic hydroxyl groups is 1. The van der Waals surface area contributed by atoms with Gasteiger partial charge in [-0.1, -0.05) is 0 Å². The van der Waals surface area contributed by atoms with Gasteiger partial charge in [0.2, 0.25) is 0 Å². The first kappa shape index (κ1) is 16.2. The second-order valence-electron chi connectivity index (χ2n) is 8.18. The van der Waals surface area contributed by atoms with Crippen LogP contribution in [0.15, 0.2) is 0 Å². The molecule has 0 bridgehead atoms. The maximum Gasteiger partial charge on any atom is 0.303 e. The van der Waals surface area contributed by atoms with Crippen LogP contribution in [0.25, 0.3) is 0 Å². The molecule has 126 valence electrons. The van der Waals surface area contributed by atoms with Gasteiger partial charge in [-0.3, -0.25) is 4.79 Å². The number of hydrogen-bond acceptors (Lipinski definition) is 5. The van der Waals surface area contributed by atoms with E-state index in [-0.39, 0.29) is 29.2 Å². The Morgan fingerprint density at radius 2 is 1.82 bits per heavy atom. The van der Waals surface area contributed by atoms with Gasteiger partial charge in [-0.2, -0.15) is 0 Å². The molecule has 0 spiro atoms. The Bertz CT molecular complexity index is 470. The predicted octanol–water partition coefficient (Wildman–Crippen LogP) is 2.19. The zero-order chi connectivity index (χ0) is 16.3. The summed E-state index contributed by atoms with van der Waals surface area (Å²) in [6, 6.07) is 0. The Morgan fingerprint density at radius 3 is 2.41 bits per heavy atom. The molecule has 2 heterocycles. The van der Waals surface area contributed by atoms with E-state index in [2.05, 4.69) is 13.8 Å². The first-order chi connectivity index (χ1) is 10.1.